The van der Waals surface area contributed by atoms with E-state index in [1.807, 2.05) is 24.3 Å². The van der Waals surface area contributed by atoms with Crippen molar-refractivity contribution in [1.29, 1.82) is 0 Å². The Balaban J connectivity index is 1.54. The maximum atomic E-state index is 12.6. The number of imidazole rings is 1. The fourth-order valence-electron chi connectivity index (χ4n) is 5.92. The minimum absolute atomic E-state index is 0.162. The van der Waals surface area contributed by atoms with Crippen LogP contribution >= 0.6 is 0 Å². The zero-order valence-corrected chi connectivity index (χ0v) is 22.0. The molecule has 1 aromatic heterocycles. The largest absolute Gasteiger partial charge is 0.573 e. The van der Waals surface area contributed by atoms with E-state index in [0.29, 0.717) is 23.1 Å². The number of benzene rings is 3. The predicted molar refractivity (Wildman–Crippen MR) is 146 cm³/mol. The van der Waals surface area contributed by atoms with Gasteiger partial charge in [0.15, 0.2) is 0 Å². The average molecular weight is 537 g/mol. The highest BCUT2D eigenvalue weighted by Gasteiger charge is 2.35. The predicted octanol–water partition coefficient (Wildman–Crippen LogP) is 7.83. The molecule has 1 aliphatic carbocycles. The number of hydrogen-bond acceptors (Lipinski definition) is 4. The van der Waals surface area contributed by atoms with Crippen LogP contribution in [0, 0.1) is 11.3 Å². The van der Waals surface area contributed by atoms with Crippen LogP contribution in [0.1, 0.15) is 56.4 Å². The number of rotatable bonds is 6. The monoisotopic (exact) mass is 536 g/mol. The molecule has 4 aromatic rings. The molecule has 3 N–H and O–H groups in total. The third-order valence-corrected chi connectivity index (χ3v) is 7.27. The first-order valence-electron chi connectivity index (χ1n) is 12.9. The van der Waals surface area contributed by atoms with Gasteiger partial charge in [0.05, 0.1) is 11.0 Å². The van der Waals surface area contributed by atoms with Crippen LogP contribution < -0.4 is 15.8 Å². The van der Waals surface area contributed by atoms with Crippen LogP contribution in [0.15, 0.2) is 66.7 Å². The highest BCUT2D eigenvalue weighted by atomic mass is 19.4. The van der Waals surface area contributed by atoms with Crippen LogP contribution in [0.25, 0.3) is 22.2 Å². The molecule has 2 atom stereocenters. The number of halogens is 3. The first-order valence-corrected chi connectivity index (χ1v) is 12.9. The van der Waals surface area contributed by atoms with Crippen LogP contribution in [0.2, 0.25) is 0 Å². The van der Waals surface area contributed by atoms with Gasteiger partial charge in [-0.05, 0) is 90.3 Å². The van der Waals surface area contributed by atoms with Gasteiger partial charge in [-0.15, -0.1) is 13.2 Å². The van der Waals surface area contributed by atoms with Crippen molar-refractivity contribution in [2.45, 2.75) is 52.4 Å². The molecule has 5 rings (SSSR count). The Morgan fingerprint density at radius 1 is 1.03 bits per heavy atom. The summed E-state index contributed by atoms with van der Waals surface area (Å²) in [7, 11) is 0. The lowest BCUT2D eigenvalue weighted by Gasteiger charge is -2.40. The van der Waals surface area contributed by atoms with Crippen molar-refractivity contribution in [2.75, 3.05) is 5.32 Å². The van der Waals surface area contributed by atoms with Crippen LogP contribution in [0.5, 0.6) is 5.75 Å². The first-order chi connectivity index (χ1) is 18.4. The minimum atomic E-state index is -4.74. The molecule has 0 spiro atoms. The number of alkyl halides is 3. The number of fused-ring (bicyclic) bond motifs is 1. The summed E-state index contributed by atoms with van der Waals surface area (Å²) in [6.07, 6.45) is -1.62. The number of amides is 1. The highest BCUT2D eigenvalue weighted by molar-refractivity contribution is 5.93. The molecule has 1 amide bonds. The molecule has 39 heavy (non-hydrogen) atoms. The molecule has 204 valence electrons. The summed E-state index contributed by atoms with van der Waals surface area (Å²) in [5, 5.41) is 3.33. The van der Waals surface area contributed by atoms with E-state index in [2.05, 4.69) is 41.5 Å². The third kappa shape index (κ3) is 6.02. The van der Waals surface area contributed by atoms with E-state index in [9.17, 15) is 18.0 Å². The number of carbonyl (C=O) groups is 1. The summed E-state index contributed by atoms with van der Waals surface area (Å²) >= 11 is 0. The van der Waals surface area contributed by atoms with Crippen LogP contribution in [0.4, 0.5) is 24.8 Å². The van der Waals surface area contributed by atoms with Crippen molar-refractivity contribution in [3.63, 3.8) is 0 Å². The molecule has 2 unspecified atom stereocenters. The van der Waals surface area contributed by atoms with Crippen molar-refractivity contribution in [1.82, 2.24) is 9.55 Å². The summed E-state index contributed by atoms with van der Waals surface area (Å²) in [5.74, 6) is 0.405. The number of hydrogen-bond donors (Lipinski definition) is 2. The Hall–Kier alpha value is -4.01. The first kappa shape index (κ1) is 26.6. The van der Waals surface area contributed by atoms with E-state index in [0.717, 1.165) is 41.4 Å². The van der Waals surface area contributed by atoms with E-state index < -0.39 is 12.3 Å². The number of anilines is 2. The van der Waals surface area contributed by atoms with Gasteiger partial charge in [0.2, 0.25) is 11.9 Å². The van der Waals surface area contributed by atoms with Gasteiger partial charge >= 0.3 is 6.36 Å². The van der Waals surface area contributed by atoms with E-state index in [4.69, 9.17) is 10.7 Å². The number of primary amides is 1. The van der Waals surface area contributed by atoms with E-state index >= 15 is 0 Å². The second kappa shape index (κ2) is 9.94. The van der Waals surface area contributed by atoms with Crippen molar-refractivity contribution in [3.8, 4) is 16.9 Å². The van der Waals surface area contributed by atoms with Gasteiger partial charge in [0, 0.05) is 17.3 Å². The molecule has 0 radical (unpaired) electrons. The summed E-state index contributed by atoms with van der Waals surface area (Å²) in [6, 6.07) is 19.1. The third-order valence-electron chi connectivity index (χ3n) is 7.27. The molecule has 3 aromatic carbocycles. The van der Waals surface area contributed by atoms with Gasteiger partial charge in [-0.3, -0.25) is 4.79 Å². The molecule has 6 nitrogen and oxygen atoms in total. The fourth-order valence-corrected chi connectivity index (χ4v) is 5.92. The van der Waals surface area contributed by atoms with Crippen LogP contribution in [0.3, 0.4) is 0 Å². The molecule has 1 saturated carbocycles. The highest BCUT2D eigenvalue weighted by Crippen LogP contribution is 2.46. The molecule has 9 heteroatoms. The molecule has 1 fully saturated rings. The van der Waals surface area contributed by atoms with Gasteiger partial charge in [-0.2, -0.15) is 0 Å². The normalized spacial score (nSPS) is 19.1. The maximum Gasteiger partial charge on any atom is 0.573 e. The van der Waals surface area contributed by atoms with E-state index in [1.54, 1.807) is 24.3 Å². The number of nitrogens with zero attached hydrogens (tertiary/aromatic N) is 2. The summed E-state index contributed by atoms with van der Waals surface area (Å²) in [5.41, 5.74) is 10.2. The smallest absolute Gasteiger partial charge is 0.406 e. The SMILES string of the molecule is CC1CC(n2c(Nc3ccc(OC(F)(F)F)cc3)nc3cc(-c4ccc(C(N)=O)cc4)ccc32)CC(C)(C)C1. The number of nitrogens with two attached hydrogens (primary N) is 1. The van der Waals surface area contributed by atoms with Gasteiger partial charge in [-0.1, -0.05) is 39.0 Å². The Kier molecular flexibility index (Phi) is 6.78. The molecule has 0 saturated heterocycles. The minimum Gasteiger partial charge on any atom is -0.406 e. The fraction of sp³-hybridized carbons (Fsp3) is 0.333. The zero-order chi connectivity index (χ0) is 27.9. The van der Waals surface area contributed by atoms with Gasteiger partial charge < -0.3 is 20.4 Å². The van der Waals surface area contributed by atoms with E-state index in [-0.39, 0.29) is 17.2 Å². The lowest BCUT2D eigenvalue weighted by Crippen LogP contribution is -2.29. The average Bonchev–Trinajstić information content (AvgIpc) is 3.20. The lowest BCUT2D eigenvalue weighted by atomic mass is 9.70. The number of carbonyl (C=O) groups excluding carboxylic acids is 1. The molecular formula is C30H31F3N4O2. The Morgan fingerprint density at radius 3 is 2.31 bits per heavy atom. The standard InChI is InChI=1S/C30H31F3N4O2/c1-18-14-23(17-29(2,3)16-18)37-26-13-8-21(19-4-6-20(7-5-19)27(34)38)15-25(26)36-28(37)35-22-9-11-24(12-10-22)39-30(31,32)33/h4-13,15,18,23H,14,16-17H2,1-3H3,(H2,34,38)(H,35,36). The van der Waals surface area contributed by atoms with Crippen molar-refractivity contribution in [2.24, 2.45) is 17.1 Å². The Labute approximate surface area is 225 Å². The topological polar surface area (TPSA) is 82.2 Å². The summed E-state index contributed by atoms with van der Waals surface area (Å²) < 4.78 is 44.0. The Bertz CT molecular complexity index is 1490. The maximum absolute atomic E-state index is 12.6. The van der Waals surface area contributed by atoms with Crippen molar-refractivity contribution in [3.05, 3.63) is 72.3 Å². The molecular weight excluding hydrogens is 505 g/mol. The zero-order valence-electron chi connectivity index (χ0n) is 22.0. The van der Waals surface area contributed by atoms with Gasteiger partial charge in [-0.25, -0.2) is 4.98 Å². The quantitative estimate of drug-likeness (QED) is 0.263. The summed E-state index contributed by atoms with van der Waals surface area (Å²) in [4.78, 5) is 16.4. The second-order valence-electron chi connectivity index (χ2n) is 11.2. The van der Waals surface area contributed by atoms with Crippen LogP contribution in [-0.2, 0) is 0 Å². The van der Waals surface area contributed by atoms with Gasteiger partial charge in [0.25, 0.3) is 0 Å². The van der Waals surface area contributed by atoms with Crippen molar-refractivity contribution >= 4 is 28.6 Å². The number of aromatic nitrogens is 2. The lowest BCUT2D eigenvalue weighted by molar-refractivity contribution is -0.274. The van der Waals surface area contributed by atoms with Gasteiger partial charge in [0.1, 0.15) is 5.75 Å². The summed E-state index contributed by atoms with van der Waals surface area (Å²) in [6.45, 7) is 6.84. The molecule has 1 aliphatic rings. The Morgan fingerprint density at radius 2 is 1.69 bits per heavy atom. The van der Waals surface area contributed by atoms with Crippen LogP contribution in [-0.4, -0.2) is 21.8 Å². The number of ether oxygens (including phenoxy) is 1. The second-order valence-corrected chi connectivity index (χ2v) is 11.2. The van der Waals surface area contributed by atoms with E-state index in [1.165, 1.54) is 12.1 Å². The molecule has 1 heterocycles. The van der Waals surface area contributed by atoms with Crippen molar-refractivity contribution < 1.29 is 22.7 Å². The molecule has 0 aliphatic heterocycles. The number of nitrogens with one attached hydrogen (secondary N) is 1. The molecule has 0 bridgehead atoms.